The zero-order valence-corrected chi connectivity index (χ0v) is 6.62. The fourth-order valence-electron chi connectivity index (χ4n) is 0.718. The molecule has 1 rings (SSSR count). The Morgan fingerprint density at radius 1 is 1.50 bits per heavy atom. The molecule has 0 bridgehead atoms. The summed E-state index contributed by atoms with van der Waals surface area (Å²) in [5.41, 5.74) is 6.96. The van der Waals surface area contributed by atoms with Crippen LogP contribution in [0.15, 0.2) is 18.2 Å². The number of nitrogens with one attached hydrogen (secondary N) is 1. The topological polar surface area (TPSA) is 49.9 Å². The lowest BCUT2D eigenvalue weighted by molar-refractivity contribution is 1.54. The van der Waals surface area contributed by atoms with Gasteiger partial charge in [0.1, 0.15) is 0 Å². The summed E-state index contributed by atoms with van der Waals surface area (Å²) >= 11 is 0. The largest absolute Gasteiger partial charge is 0.398 e. The Bertz CT molecular complexity index is 258. The summed E-state index contributed by atoms with van der Waals surface area (Å²) in [6.45, 7) is 0. The van der Waals surface area contributed by atoms with E-state index in [1.165, 1.54) is 6.21 Å². The van der Waals surface area contributed by atoms with E-state index in [2.05, 4.69) is 9.24 Å². The number of nitrogen functional groups attached to an aromatic ring is 1. The van der Waals surface area contributed by atoms with Gasteiger partial charge in [0.15, 0.2) is 0 Å². The Morgan fingerprint density at radius 3 is 2.70 bits per heavy atom. The molecule has 3 heteroatoms. The third-order valence-corrected chi connectivity index (χ3v) is 1.63. The van der Waals surface area contributed by atoms with Crippen molar-refractivity contribution < 1.29 is 0 Å². The van der Waals surface area contributed by atoms with Crippen LogP contribution >= 0.6 is 9.24 Å². The molecule has 0 aliphatic heterocycles. The van der Waals surface area contributed by atoms with Crippen molar-refractivity contribution in [3.63, 3.8) is 0 Å². The lowest BCUT2D eigenvalue weighted by Crippen LogP contribution is -1.98. The van der Waals surface area contributed by atoms with Crippen LogP contribution in [0, 0.1) is 5.41 Å². The first-order valence-corrected chi connectivity index (χ1v) is 3.47. The van der Waals surface area contributed by atoms with Gasteiger partial charge in [-0.3, -0.25) is 0 Å². The van der Waals surface area contributed by atoms with Crippen LogP contribution in [0.1, 0.15) is 5.56 Å². The highest BCUT2D eigenvalue weighted by molar-refractivity contribution is 7.27. The highest BCUT2D eigenvalue weighted by Crippen LogP contribution is 2.06. The Labute approximate surface area is 62.2 Å². The third-order valence-electron chi connectivity index (χ3n) is 1.27. The van der Waals surface area contributed by atoms with E-state index >= 15 is 0 Å². The molecule has 0 fully saturated rings. The van der Waals surface area contributed by atoms with E-state index in [9.17, 15) is 0 Å². The Hall–Kier alpha value is -0.880. The molecule has 0 heterocycles. The van der Waals surface area contributed by atoms with Crippen LogP contribution in [0.2, 0.25) is 0 Å². The van der Waals surface area contributed by atoms with Gasteiger partial charge < -0.3 is 11.1 Å². The van der Waals surface area contributed by atoms with Crippen LogP contribution in [0.5, 0.6) is 0 Å². The minimum absolute atomic E-state index is 0.654. The van der Waals surface area contributed by atoms with Gasteiger partial charge in [-0.05, 0) is 17.4 Å². The van der Waals surface area contributed by atoms with Gasteiger partial charge in [0.25, 0.3) is 0 Å². The van der Waals surface area contributed by atoms with Crippen molar-refractivity contribution in [2.75, 3.05) is 5.73 Å². The molecule has 2 nitrogen and oxygen atoms in total. The average molecular weight is 152 g/mol. The molecular formula is C7H9N2P. The second-order valence-corrected chi connectivity index (χ2v) is 2.70. The van der Waals surface area contributed by atoms with E-state index in [0.717, 1.165) is 10.9 Å². The molecule has 1 unspecified atom stereocenters. The van der Waals surface area contributed by atoms with Gasteiger partial charge in [0.05, 0.1) is 0 Å². The predicted molar refractivity (Wildman–Crippen MR) is 48.1 cm³/mol. The normalized spacial score (nSPS) is 9.30. The van der Waals surface area contributed by atoms with E-state index in [1.807, 2.05) is 12.1 Å². The molecule has 0 amide bonds. The van der Waals surface area contributed by atoms with E-state index in [-0.39, 0.29) is 0 Å². The maximum atomic E-state index is 6.97. The van der Waals surface area contributed by atoms with Gasteiger partial charge in [-0.15, -0.1) is 9.24 Å². The van der Waals surface area contributed by atoms with Crippen molar-refractivity contribution in [2.24, 2.45) is 0 Å². The first kappa shape index (κ1) is 7.23. The second-order valence-electron chi connectivity index (χ2n) is 2.03. The van der Waals surface area contributed by atoms with Crippen LogP contribution in [0.3, 0.4) is 0 Å². The van der Waals surface area contributed by atoms with Crippen LogP contribution in [0.25, 0.3) is 0 Å². The number of nitrogens with two attached hydrogens (primary N) is 1. The van der Waals surface area contributed by atoms with Crippen molar-refractivity contribution in [3.05, 3.63) is 23.8 Å². The highest BCUT2D eigenvalue weighted by atomic mass is 31.0. The Morgan fingerprint density at radius 2 is 2.20 bits per heavy atom. The highest BCUT2D eigenvalue weighted by Gasteiger charge is 1.93. The lowest BCUT2D eigenvalue weighted by atomic mass is 10.2. The molecule has 0 aliphatic carbocycles. The van der Waals surface area contributed by atoms with E-state index < -0.39 is 0 Å². The van der Waals surface area contributed by atoms with Gasteiger partial charge in [-0.25, -0.2) is 0 Å². The number of anilines is 1. The number of hydrogen-bond donors (Lipinski definition) is 2. The minimum atomic E-state index is 0.654. The first-order valence-electron chi connectivity index (χ1n) is 2.89. The summed E-state index contributed by atoms with van der Waals surface area (Å²) in [6, 6.07) is 5.54. The van der Waals surface area contributed by atoms with Crippen molar-refractivity contribution in [1.29, 1.82) is 5.41 Å². The van der Waals surface area contributed by atoms with Crippen LogP contribution in [0.4, 0.5) is 5.69 Å². The second kappa shape index (κ2) is 2.80. The molecule has 52 valence electrons. The summed E-state index contributed by atoms with van der Waals surface area (Å²) in [6.07, 6.45) is 1.25. The van der Waals surface area contributed by atoms with Crippen molar-refractivity contribution >= 4 is 26.4 Å². The number of hydrogen-bond acceptors (Lipinski definition) is 2. The fourth-order valence-corrected chi connectivity index (χ4v) is 0.994. The van der Waals surface area contributed by atoms with E-state index in [4.69, 9.17) is 11.1 Å². The molecule has 0 saturated heterocycles. The maximum Gasteiger partial charge on any atom is 0.0403 e. The number of benzene rings is 1. The lowest BCUT2D eigenvalue weighted by Gasteiger charge is -1.98. The minimum Gasteiger partial charge on any atom is -0.398 e. The van der Waals surface area contributed by atoms with Gasteiger partial charge >= 0.3 is 0 Å². The van der Waals surface area contributed by atoms with Crippen LogP contribution in [-0.2, 0) is 0 Å². The quantitative estimate of drug-likeness (QED) is 0.348. The molecule has 0 radical (unpaired) electrons. The molecule has 0 saturated carbocycles. The van der Waals surface area contributed by atoms with Gasteiger partial charge in [-0.1, -0.05) is 6.07 Å². The van der Waals surface area contributed by atoms with Gasteiger partial charge in [0, 0.05) is 17.5 Å². The Balaban J connectivity index is 3.21. The zero-order chi connectivity index (χ0) is 7.56. The monoisotopic (exact) mass is 152 g/mol. The molecule has 1 atom stereocenters. The molecule has 0 aromatic heterocycles. The van der Waals surface area contributed by atoms with Crippen molar-refractivity contribution in [2.45, 2.75) is 0 Å². The van der Waals surface area contributed by atoms with Crippen molar-refractivity contribution in [3.8, 4) is 0 Å². The van der Waals surface area contributed by atoms with Gasteiger partial charge in [0.2, 0.25) is 0 Å². The number of rotatable bonds is 1. The molecule has 0 spiro atoms. The summed E-state index contributed by atoms with van der Waals surface area (Å²) < 4.78 is 0. The molecule has 10 heavy (non-hydrogen) atoms. The standard InChI is InChI=1S/C7H9N2P/c8-4-5-3-6(10)1-2-7(5)9/h1-4,8H,9-10H2. The van der Waals surface area contributed by atoms with Gasteiger partial charge in [-0.2, -0.15) is 0 Å². The molecule has 3 N–H and O–H groups in total. The van der Waals surface area contributed by atoms with Crippen molar-refractivity contribution in [1.82, 2.24) is 0 Å². The fraction of sp³-hybridized carbons (Fsp3) is 0. The smallest absolute Gasteiger partial charge is 0.0403 e. The molecule has 1 aromatic carbocycles. The summed E-state index contributed by atoms with van der Waals surface area (Å²) in [5, 5.41) is 8.02. The summed E-state index contributed by atoms with van der Waals surface area (Å²) in [4.78, 5) is 0. The maximum absolute atomic E-state index is 6.97. The van der Waals surface area contributed by atoms with E-state index in [0.29, 0.717) is 5.69 Å². The Kier molecular flexibility index (Phi) is 2.03. The molecular weight excluding hydrogens is 143 g/mol. The SMILES string of the molecule is N=Cc1cc(P)ccc1N. The summed E-state index contributed by atoms with van der Waals surface area (Å²) in [5.74, 6) is 0. The average Bonchev–Trinajstić information content (AvgIpc) is 1.94. The molecule has 0 aliphatic rings. The molecule has 1 aromatic rings. The first-order chi connectivity index (χ1) is 4.74. The van der Waals surface area contributed by atoms with E-state index in [1.54, 1.807) is 6.07 Å². The van der Waals surface area contributed by atoms with Crippen LogP contribution in [-0.4, -0.2) is 6.21 Å². The third kappa shape index (κ3) is 1.34. The van der Waals surface area contributed by atoms with Crippen LogP contribution < -0.4 is 11.0 Å². The predicted octanol–water partition coefficient (Wildman–Crippen LogP) is 0.767. The zero-order valence-electron chi connectivity index (χ0n) is 5.46. The summed E-state index contributed by atoms with van der Waals surface area (Å²) in [7, 11) is 2.56.